The van der Waals surface area contributed by atoms with E-state index in [4.69, 9.17) is 0 Å². The van der Waals surface area contributed by atoms with Crippen LogP contribution in [0.4, 0.5) is 0 Å². The molecule has 5 nitrogen and oxygen atoms in total. The summed E-state index contributed by atoms with van der Waals surface area (Å²) >= 11 is 0. The molecule has 0 bridgehead atoms. The average molecular weight is 1750 g/mol. The summed E-state index contributed by atoms with van der Waals surface area (Å²) in [5.74, 6) is 7.77. The van der Waals surface area contributed by atoms with Gasteiger partial charge < -0.3 is 0 Å². The lowest BCUT2D eigenvalue weighted by atomic mass is 9.77. The van der Waals surface area contributed by atoms with E-state index in [1.807, 2.05) is 55.4 Å². The molecule has 18 aromatic rings. The molecule has 0 fully saturated rings. The molecule has 0 spiro atoms. The van der Waals surface area contributed by atoms with E-state index in [2.05, 4.69) is 467 Å². The third kappa shape index (κ3) is 28.8. The quantitative estimate of drug-likeness (QED) is 0.137. The summed E-state index contributed by atoms with van der Waals surface area (Å²) in [6, 6.07) is 113. The van der Waals surface area contributed by atoms with Crippen LogP contribution in [0.25, 0.3) is 86.6 Å². The van der Waals surface area contributed by atoms with Gasteiger partial charge in [-0.05, 0) is 250 Å². The second-order valence-electron chi connectivity index (χ2n) is 37.6. The van der Waals surface area contributed by atoms with Gasteiger partial charge in [0.25, 0.3) is 0 Å². The molecular weight excluding hydrogens is 1600 g/mol. The third-order valence-corrected chi connectivity index (χ3v) is 25.0. The maximum Gasteiger partial charge on any atom is 0.0736 e. The van der Waals surface area contributed by atoms with Crippen LogP contribution in [0, 0.1) is 11.8 Å². The van der Waals surface area contributed by atoms with E-state index in [1.165, 1.54) is 147 Å². The third-order valence-electron chi connectivity index (χ3n) is 25.0. The molecule has 132 heavy (non-hydrogen) atoms. The number of para-hydroxylation sites is 2. The van der Waals surface area contributed by atoms with Crippen molar-refractivity contribution in [2.75, 3.05) is 0 Å². The largest absolute Gasteiger partial charge is 0.264 e. The van der Waals surface area contributed by atoms with Crippen LogP contribution in [-0.2, 0) is 12.8 Å². The molecule has 0 aliphatic heterocycles. The number of rotatable bonds is 10. The molecule has 2 atom stereocenters. The second kappa shape index (κ2) is 52.7. The van der Waals surface area contributed by atoms with Gasteiger partial charge in [0.05, 0.1) is 22.2 Å². The van der Waals surface area contributed by atoms with Crippen LogP contribution in [0.2, 0.25) is 0 Å². The molecular formula is C127H153N5. The lowest BCUT2D eigenvalue weighted by molar-refractivity contribution is 0.433. The van der Waals surface area contributed by atoms with Crippen LogP contribution in [0.3, 0.4) is 0 Å². The van der Waals surface area contributed by atoms with Gasteiger partial charge >= 0.3 is 0 Å². The number of pyridine rings is 5. The zero-order chi connectivity index (χ0) is 91.9. The number of hydrogen-bond donors (Lipinski definition) is 0. The highest BCUT2D eigenvalue weighted by Crippen LogP contribution is 2.40. The van der Waals surface area contributed by atoms with E-state index < -0.39 is 0 Å². The summed E-state index contributed by atoms with van der Waals surface area (Å²) in [5, 5.41) is 17.0. The highest BCUT2D eigenvalue weighted by atomic mass is 14.7. The van der Waals surface area contributed by atoms with Gasteiger partial charge in [-0.1, -0.05) is 440 Å². The van der Waals surface area contributed by atoms with Crippen molar-refractivity contribution in [1.29, 1.82) is 0 Å². The monoisotopic (exact) mass is 1750 g/mol. The normalized spacial score (nSPS) is 12.7. The van der Waals surface area contributed by atoms with Crippen molar-refractivity contribution < 1.29 is 0 Å². The summed E-state index contributed by atoms with van der Waals surface area (Å²) in [4.78, 5) is 21.6. The molecule has 5 aromatic heterocycles. The van der Waals surface area contributed by atoms with Gasteiger partial charge in [-0.3, -0.25) is 24.9 Å². The first-order valence-corrected chi connectivity index (χ1v) is 47.6. The fourth-order valence-electron chi connectivity index (χ4n) is 17.9. The lowest BCUT2D eigenvalue weighted by Gasteiger charge is -2.28. The van der Waals surface area contributed by atoms with Crippen molar-refractivity contribution in [2.45, 2.75) is 252 Å². The summed E-state index contributed by atoms with van der Waals surface area (Å²) in [7, 11) is 0. The molecule has 5 heteroatoms. The number of nitrogens with zero attached hydrogens (tertiary/aromatic N) is 5. The molecule has 2 unspecified atom stereocenters. The number of fused-ring (bicyclic) bond motifs is 10. The lowest BCUT2D eigenvalue weighted by Crippen LogP contribution is -2.14. The van der Waals surface area contributed by atoms with E-state index in [0.717, 1.165) is 40.2 Å². The molecule has 0 saturated heterocycles. The van der Waals surface area contributed by atoms with Gasteiger partial charge in [-0.2, -0.15) is 0 Å². The number of aryl methyl sites for hydroxylation is 2. The second-order valence-corrected chi connectivity index (χ2v) is 37.6. The van der Waals surface area contributed by atoms with Crippen LogP contribution in [0.1, 0.15) is 306 Å². The van der Waals surface area contributed by atoms with Crippen LogP contribution >= 0.6 is 0 Å². The molecule has 0 radical (unpaired) electrons. The minimum atomic E-state index is 0. The SMILES string of the molecule is C.C.C.CC(C)C1CCCc2ccccc21.CC(C)C1CCc2ccccc21.CC(C)c1ccc2ccccc2c1.CC(C)c1cccc2ccccc12.CC(C)c1cccc2ccccc12.CC(C)c1cccc2cccnc12.CC(C)c1cccc2ccncc12.CC(C)c1cccc2ncccc12.CC(C)c1ccnc2ccccc12.CC(C)c1nccc2ccccc12. The zero-order valence-corrected chi connectivity index (χ0v) is 80.8. The molecule has 2 aliphatic carbocycles. The maximum absolute atomic E-state index is 4.41. The van der Waals surface area contributed by atoms with Crippen molar-refractivity contribution in [1.82, 2.24) is 24.9 Å². The Kier molecular flexibility index (Phi) is 41.9. The Morgan fingerprint density at radius 1 is 0.235 bits per heavy atom. The van der Waals surface area contributed by atoms with Crippen molar-refractivity contribution in [3.63, 3.8) is 0 Å². The van der Waals surface area contributed by atoms with E-state index in [9.17, 15) is 0 Å². The first kappa shape index (κ1) is 105. The predicted octanol–water partition coefficient (Wildman–Crippen LogP) is 37.7. The summed E-state index contributed by atoms with van der Waals surface area (Å²) in [5.41, 5.74) is 20.7. The predicted molar refractivity (Wildman–Crippen MR) is 583 cm³/mol. The Morgan fingerprint density at radius 3 is 1.14 bits per heavy atom. The number of hydrogen-bond acceptors (Lipinski definition) is 5. The Morgan fingerprint density at radius 2 is 0.598 bits per heavy atom. The highest BCUT2D eigenvalue weighted by molar-refractivity contribution is 5.90. The van der Waals surface area contributed by atoms with Gasteiger partial charge in [0, 0.05) is 64.1 Å². The first-order chi connectivity index (χ1) is 62.4. The zero-order valence-electron chi connectivity index (χ0n) is 80.8. The topological polar surface area (TPSA) is 64.5 Å². The summed E-state index contributed by atoms with van der Waals surface area (Å²) in [6.07, 6.45) is 18.0. The molecule has 0 N–H and O–H groups in total. The summed E-state index contributed by atoms with van der Waals surface area (Å²) < 4.78 is 0. The Bertz CT molecular complexity index is 5630. The van der Waals surface area contributed by atoms with Gasteiger partial charge in [0.15, 0.2) is 0 Å². The average Bonchev–Trinajstić information content (AvgIpc) is 1.67. The van der Waals surface area contributed by atoms with Gasteiger partial charge in [0.1, 0.15) is 0 Å². The highest BCUT2D eigenvalue weighted by Gasteiger charge is 2.25. The molecule has 686 valence electrons. The van der Waals surface area contributed by atoms with E-state index in [-0.39, 0.29) is 22.3 Å². The van der Waals surface area contributed by atoms with E-state index >= 15 is 0 Å². The molecule has 5 heterocycles. The van der Waals surface area contributed by atoms with Crippen molar-refractivity contribution >= 4 is 86.6 Å². The minimum absolute atomic E-state index is 0. The fraction of sp³-hybridized carbons (Fsp3) is 0.315. The van der Waals surface area contributed by atoms with Crippen molar-refractivity contribution in [3.8, 4) is 0 Å². The Balaban J connectivity index is 0.000000180. The number of aromatic nitrogens is 5. The fourth-order valence-corrected chi connectivity index (χ4v) is 17.9. The van der Waals surface area contributed by atoms with Gasteiger partial charge in [-0.25, -0.2) is 0 Å². The molecule has 2 aliphatic rings. The minimum Gasteiger partial charge on any atom is -0.264 e. The van der Waals surface area contributed by atoms with Gasteiger partial charge in [0.2, 0.25) is 0 Å². The summed E-state index contributed by atoms with van der Waals surface area (Å²) in [6.45, 7) is 44.7. The maximum atomic E-state index is 4.41. The molecule has 0 amide bonds. The molecule has 13 aromatic carbocycles. The smallest absolute Gasteiger partial charge is 0.0736 e. The van der Waals surface area contributed by atoms with Crippen molar-refractivity contribution in [3.05, 3.63) is 426 Å². The van der Waals surface area contributed by atoms with Crippen LogP contribution in [-0.4, -0.2) is 24.9 Å². The standard InChI is InChI=1S/C13H18.3C13H14.5C12H13N.C12H16.3CH4/c3*1-10(2)12-9-5-7-11-6-3-4-8-13(11)12;1-10(2)12-8-7-11-5-3-4-6-13(11)9-12;1-9(2)10-5-3-7-12-11(10)6-4-8-13-12;1-9(2)11-7-3-5-10-6-4-8-13-12(10)11;1-9(2)11-5-3-4-10-6-7-13-8-12(10)11;1-9(2)10-7-8-13-12-6-4-3-5-11(10)12;1-9(2)12-11-6-4-3-5-10(11)7-8-13-12;1-9(2)11-8-7-10-5-3-4-6-12(10)11;;;/h3-4,6,8,10,12H,5,7,9H2,1-2H3;3*3-10H,1-2H3;5*3-9H,1-2H3;3-6,9,11H,7-8H2,1-2H3;3*1H4. The van der Waals surface area contributed by atoms with Crippen molar-refractivity contribution in [2.24, 2.45) is 11.8 Å². The van der Waals surface area contributed by atoms with E-state index in [0.29, 0.717) is 47.3 Å². The number of benzene rings is 13. The Hall–Kier alpha value is -12.3. The van der Waals surface area contributed by atoms with Crippen LogP contribution < -0.4 is 0 Å². The van der Waals surface area contributed by atoms with E-state index in [1.54, 1.807) is 22.3 Å². The van der Waals surface area contributed by atoms with Crippen LogP contribution in [0.5, 0.6) is 0 Å². The molecule has 20 rings (SSSR count). The van der Waals surface area contributed by atoms with Gasteiger partial charge in [-0.15, -0.1) is 0 Å². The first-order valence-electron chi connectivity index (χ1n) is 47.6. The van der Waals surface area contributed by atoms with Crippen LogP contribution in [0.15, 0.2) is 359 Å². The molecule has 0 saturated carbocycles. The Labute approximate surface area is 795 Å².